The minimum atomic E-state index is -2.81. The van der Waals surface area contributed by atoms with Crippen molar-refractivity contribution in [2.45, 2.75) is 115 Å². The van der Waals surface area contributed by atoms with Gasteiger partial charge >= 0.3 is 22.8 Å². The Hall–Kier alpha value is -1.09. The smallest absolute Gasteiger partial charge is 0.335 e. The molecule has 4 rings (SSSR count). The number of hydrogen-bond acceptors (Lipinski definition) is 7. The molecule has 3 aliphatic rings. The molecule has 3 aliphatic heterocycles. The van der Waals surface area contributed by atoms with E-state index in [9.17, 15) is 9.59 Å². The molecule has 0 unspecified atom stereocenters. The number of nitrogens with zero attached hydrogens (tertiary/aromatic N) is 1. The van der Waals surface area contributed by atoms with Gasteiger partial charge in [-0.25, -0.2) is 9.36 Å². The molecule has 4 heterocycles. The number of rotatable bonds is 4. The highest BCUT2D eigenvalue weighted by Gasteiger charge is 2.63. The second-order valence-corrected chi connectivity index (χ2v) is 20.0. The van der Waals surface area contributed by atoms with Gasteiger partial charge in [-0.2, -0.15) is 0 Å². The number of hydrogen-bond donors (Lipinski definition) is 1. The van der Waals surface area contributed by atoms with E-state index in [0.29, 0.717) is 18.7 Å². The third kappa shape index (κ3) is 3.84. The van der Waals surface area contributed by atoms with Crippen molar-refractivity contribution >= 4 is 17.1 Å². The average Bonchev–Trinajstić information content (AvgIpc) is 3.17. The number of ether oxygens (including phenoxy) is 2. The highest BCUT2D eigenvalue weighted by Crippen LogP contribution is 2.51. The highest BCUT2D eigenvalue weighted by molar-refractivity contribution is 6.83. The zero-order chi connectivity index (χ0) is 25.2. The molecule has 0 bridgehead atoms. The van der Waals surface area contributed by atoms with Gasteiger partial charge in [0.05, 0.1) is 24.8 Å². The normalized spacial score (nSPS) is 32.4. The largest absolute Gasteiger partial charge is 0.414 e. The Morgan fingerprint density at radius 3 is 2.09 bits per heavy atom. The first-order valence-electron chi connectivity index (χ1n) is 12.5. The predicted octanol–water partition coefficient (Wildman–Crippen LogP) is 3.98. The topological polar surface area (TPSA) is 101 Å². The van der Waals surface area contributed by atoms with Crippen molar-refractivity contribution < 1.29 is 22.4 Å². The van der Waals surface area contributed by atoms with Crippen LogP contribution in [0.4, 0.5) is 0 Å². The third-order valence-corrected chi connectivity index (χ3v) is 17.9. The molecule has 192 valence electrons. The van der Waals surface area contributed by atoms with Crippen LogP contribution in [0.3, 0.4) is 0 Å². The lowest BCUT2D eigenvalue weighted by Gasteiger charge is -2.51. The molecule has 34 heavy (non-hydrogen) atoms. The monoisotopic (exact) mass is 512 g/mol. The first-order valence-corrected chi connectivity index (χ1v) is 16.5. The summed E-state index contributed by atoms with van der Waals surface area (Å²) in [6.45, 7) is 19.5. The van der Waals surface area contributed by atoms with E-state index < -0.39 is 46.5 Å². The molecule has 1 spiro atoms. The summed E-state index contributed by atoms with van der Waals surface area (Å²) in [5, 5.41) is 0. The van der Waals surface area contributed by atoms with E-state index in [1.54, 1.807) is 0 Å². The summed E-state index contributed by atoms with van der Waals surface area (Å²) >= 11 is 0. The van der Waals surface area contributed by atoms with Crippen molar-refractivity contribution in [1.82, 2.24) is 9.55 Å². The summed E-state index contributed by atoms with van der Waals surface area (Å²) in [5.74, 6) is -1.34. The second kappa shape index (κ2) is 8.79. The lowest BCUT2D eigenvalue weighted by molar-refractivity contribution is -0.282. The Bertz CT molecular complexity index is 1020. The summed E-state index contributed by atoms with van der Waals surface area (Å²) in [6, 6.07) is 1.40. The van der Waals surface area contributed by atoms with Crippen molar-refractivity contribution in [3.8, 4) is 0 Å². The molecule has 1 aromatic heterocycles. The molecule has 0 saturated carbocycles. The van der Waals surface area contributed by atoms with Crippen molar-refractivity contribution in [3.05, 3.63) is 32.6 Å². The van der Waals surface area contributed by atoms with Gasteiger partial charge in [0.2, 0.25) is 0 Å². The van der Waals surface area contributed by atoms with Crippen LogP contribution < -0.4 is 11.2 Å². The Morgan fingerprint density at radius 1 is 0.941 bits per heavy atom. The standard InChI is InChI=1S/C23H40N2O7Si2/c1-13(2)33(14(3)4)28-12-20-19(31-34(32-33,15(5)6)16(7)8)11-23(30-20)25-18(17(9)29-23)10-21(26)24-22(25)27/h10,13-17,19-20H,11-12H2,1-9H3,(H,24,26,27)/t17-,19+,20-,23+/m1/s1. The molecule has 0 aromatic carbocycles. The maximum atomic E-state index is 12.9. The van der Waals surface area contributed by atoms with Crippen LogP contribution in [0.25, 0.3) is 0 Å². The lowest BCUT2D eigenvalue weighted by Crippen LogP contribution is -2.65. The molecule has 1 aromatic rings. The fraction of sp³-hybridized carbons (Fsp3) is 0.826. The van der Waals surface area contributed by atoms with E-state index in [4.69, 9.17) is 22.4 Å². The molecule has 9 nitrogen and oxygen atoms in total. The number of aromatic amines is 1. The Labute approximate surface area is 203 Å². The van der Waals surface area contributed by atoms with Crippen LogP contribution >= 0.6 is 0 Å². The van der Waals surface area contributed by atoms with Crippen LogP contribution in [0, 0.1) is 0 Å². The summed E-state index contributed by atoms with van der Waals surface area (Å²) in [7, 11) is -5.51. The summed E-state index contributed by atoms with van der Waals surface area (Å²) in [6.07, 6.45) is -0.928. The fourth-order valence-corrected chi connectivity index (χ4v) is 17.1. The zero-order valence-electron chi connectivity index (χ0n) is 21.8. The van der Waals surface area contributed by atoms with Crippen LogP contribution in [0.15, 0.2) is 15.7 Å². The van der Waals surface area contributed by atoms with Crippen molar-refractivity contribution in [2.24, 2.45) is 0 Å². The van der Waals surface area contributed by atoms with Crippen LogP contribution in [0.1, 0.15) is 80.5 Å². The Morgan fingerprint density at radius 2 is 1.53 bits per heavy atom. The van der Waals surface area contributed by atoms with E-state index in [1.807, 2.05) is 6.92 Å². The molecule has 1 N–H and O–H groups in total. The van der Waals surface area contributed by atoms with Crippen LogP contribution in [-0.2, 0) is 28.4 Å². The number of H-pyrrole nitrogens is 1. The van der Waals surface area contributed by atoms with Gasteiger partial charge in [0, 0.05) is 6.07 Å². The molecule has 2 fully saturated rings. The van der Waals surface area contributed by atoms with Gasteiger partial charge < -0.3 is 22.4 Å². The van der Waals surface area contributed by atoms with Gasteiger partial charge in [-0.3, -0.25) is 9.78 Å². The van der Waals surface area contributed by atoms with E-state index in [0.717, 1.165) is 0 Å². The molecule has 0 radical (unpaired) electrons. The van der Waals surface area contributed by atoms with E-state index in [-0.39, 0.29) is 28.3 Å². The van der Waals surface area contributed by atoms with Crippen molar-refractivity contribution in [2.75, 3.05) is 6.61 Å². The van der Waals surface area contributed by atoms with Crippen LogP contribution in [-0.4, -0.2) is 45.5 Å². The van der Waals surface area contributed by atoms with Gasteiger partial charge in [0.25, 0.3) is 11.5 Å². The predicted molar refractivity (Wildman–Crippen MR) is 132 cm³/mol. The number of aromatic nitrogens is 2. The average molecular weight is 513 g/mol. The molecular formula is C23H40N2O7Si2. The first-order chi connectivity index (χ1) is 15.8. The fourth-order valence-electron chi connectivity index (χ4n) is 5.94. The van der Waals surface area contributed by atoms with Gasteiger partial charge in [-0.1, -0.05) is 55.4 Å². The Kier molecular flexibility index (Phi) is 6.72. The van der Waals surface area contributed by atoms with Crippen LogP contribution in [0.5, 0.6) is 0 Å². The molecule has 4 atom stereocenters. The number of nitrogens with one attached hydrogen (secondary N) is 1. The third-order valence-electron chi connectivity index (χ3n) is 7.64. The molecule has 11 heteroatoms. The van der Waals surface area contributed by atoms with Crippen molar-refractivity contribution in [1.29, 1.82) is 0 Å². The summed E-state index contributed by atoms with van der Waals surface area (Å²) in [5.41, 5.74) is 0.340. The van der Waals surface area contributed by atoms with Crippen molar-refractivity contribution in [3.63, 3.8) is 0 Å². The minimum Gasteiger partial charge on any atom is -0.414 e. The van der Waals surface area contributed by atoms with E-state index in [2.05, 4.69) is 60.4 Å². The highest BCUT2D eigenvalue weighted by atomic mass is 28.5. The quantitative estimate of drug-likeness (QED) is 0.609. The Balaban J connectivity index is 1.81. The molecular weight excluding hydrogens is 472 g/mol. The molecule has 0 aliphatic carbocycles. The maximum absolute atomic E-state index is 12.9. The van der Waals surface area contributed by atoms with Gasteiger partial charge in [0.15, 0.2) is 0 Å². The van der Waals surface area contributed by atoms with Crippen LogP contribution in [0.2, 0.25) is 22.2 Å². The van der Waals surface area contributed by atoms with Gasteiger partial charge in [0.1, 0.15) is 12.2 Å². The zero-order valence-corrected chi connectivity index (χ0v) is 23.8. The first kappa shape index (κ1) is 26.0. The summed E-state index contributed by atoms with van der Waals surface area (Å²) < 4.78 is 35.3. The second-order valence-electron chi connectivity index (χ2n) is 11.2. The van der Waals surface area contributed by atoms with E-state index in [1.165, 1.54) is 10.6 Å². The van der Waals surface area contributed by atoms with E-state index >= 15 is 0 Å². The van der Waals surface area contributed by atoms with Gasteiger partial charge in [-0.05, 0) is 29.1 Å². The molecule has 2 saturated heterocycles. The SMILES string of the molecule is CC(C)[Si]1(C(C)C)OC[C@H]2O[C@]3(C[C@@H]2O[Si](C(C)C)(C(C)C)O1)O[C@H](C)c1cc(=O)[nH]c(=O)n13. The lowest BCUT2D eigenvalue weighted by atomic mass is 10.2. The molecule has 0 amide bonds. The summed E-state index contributed by atoms with van der Waals surface area (Å²) in [4.78, 5) is 27.2. The van der Waals surface area contributed by atoms with Gasteiger partial charge in [-0.15, -0.1) is 0 Å². The maximum Gasteiger partial charge on any atom is 0.335 e. The number of fused-ring (bicyclic) bond motifs is 3. The minimum absolute atomic E-state index is 0.186.